The predicted octanol–water partition coefficient (Wildman–Crippen LogP) is 2.60. The minimum Gasteiger partial charge on any atom is -0.497 e. The molecule has 1 amide bonds. The van der Waals surface area contributed by atoms with Crippen LogP contribution in [0.5, 0.6) is 5.75 Å². The van der Waals surface area contributed by atoms with E-state index < -0.39 is 11.9 Å². The van der Waals surface area contributed by atoms with Crippen LogP contribution in [0.3, 0.4) is 0 Å². The van der Waals surface area contributed by atoms with E-state index in [4.69, 9.17) is 14.9 Å². The standard InChI is InChI=1S/C19H28N2O2.C4H4O4/c1-3-4-9-20-11-15-10-16(12-20)14-21(13-15)19(22)17-5-7-18(23-2)8-6-17;5-3(6)1-2-4(7)8/h5-8,15-16H,3-4,9-14H2,1-2H3;1-2H,(H,5,6)(H,7,8)/b;2-1+. The van der Waals surface area contributed by atoms with Crippen molar-refractivity contribution < 1.29 is 29.3 Å². The molecule has 2 aliphatic rings. The van der Waals surface area contributed by atoms with Crippen LogP contribution in [-0.4, -0.2) is 77.7 Å². The number of ether oxygens (including phenoxy) is 1. The molecule has 0 radical (unpaired) electrons. The number of carboxylic acids is 2. The number of carboxylic acid groups (broad SMARTS) is 2. The average Bonchev–Trinajstić information content (AvgIpc) is 2.75. The van der Waals surface area contributed by atoms with Crippen LogP contribution < -0.4 is 4.74 Å². The van der Waals surface area contributed by atoms with Gasteiger partial charge < -0.3 is 24.7 Å². The second-order valence-corrected chi connectivity index (χ2v) is 8.03. The van der Waals surface area contributed by atoms with Gasteiger partial charge in [0.1, 0.15) is 5.75 Å². The van der Waals surface area contributed by atoms with Crippen molar-refractivity contribution in [3.63, 3.8) is 0 Å². The fourth-order valence-electron chi connectivity index (χ4n) is 4.18. The molecule has 3 rings (SSSR count). The monoisotopic (exact) mass is 432 g/mol. The number of hydrogen-bond donors (Lipinski definition) is 2. The van der Waals surface area contributed by atoms with Crippen LogP contribution in [0.1, 0.15) is 36.5 Å². The van der Waals surface area contributed by atoms with E-state index in [1.165, 1.54) is 25.8 Å². The number of methoxy groups -OCH3 is 1. The lowest BCUT2D eigenvalue weighted by Gasteiger charge is -2.46. The molecule has 2 saturated heterocycles. The molecule has 8 nitrogen and oxygen atoms in total. The van der Waals surface area contributed by atoms with Crippen molar-refractivity contribution in [1.29, 1.82) is 0 Å². The lowest BCUT2D eigenvalue weighted by molar-refractivity contribution is -0.134. The summed E-state index contributed by atoms with van der Waals surface area (Å²) in [7, 11) is 1.65. The Bertz CT molecular complexity index is 747. The number of benzene rings is 1. The fourth-order valence-corrected chi connectivity index (χ4v) is 4.18. The molecule has 0 saturated carbocycles. The smallest absolute Gasteiger partial charge is 0.328 e. The van der Waals surface area contributed by atoms with E-state index in [-0.39, 0.29) is 5.91 Å². The van der Waals surface area contributed by atoms with Crippen molar-refractivity contribution in [2.45, 2.75) is 26.2 Å². The van der Waals surface area contributed by atoms with Crippen LogP contribution in [0.2, 0.25) is 0 Å². The van der Waals surface area contributed by atoms with Gasteiger partial charge >= 0.3 is 11.9 Å². The Balaban J connectivity index is 0.000000366. The number of carbonyl (C=O) groups excluding carboxylic acids is 1. The second-order valence-electron chi connectivity index (χ2n) is 8.03. The summed E-state index contributed by atoms with van der Waals surface area (Å²) in [6, 6.07) is 7.48. The lowest BCUT2D eigenvalue weighted by Crippen LogP contribution is -2.54. The SMILES string of the molecule is CCCCN1CC2CC(C1)CN(C(=O)c1ccc(OC)cc1)C2.O=C(O)/C=C/C(=O)O. The van der Waals surface area contributed by atoms with Gasteiger partial charge in [0.15, 0.2) is 0 Å². The van der Waals surface area contributed by atoms with Crippen LogP contribution in [0, 0.1) is 11.8 Å². The highest BCUT2D eigenvalue weighted by molar-refractivity contribution is 5.94. The first kappa shape index (κ1) is 24.4. The number of piperidine rings is 2. The van der Waals surface area contributed by atoms with Crippen LogP contribution in [0.4, 0.5) is 0 Å². The first-order valence-corrected chi connectivity index (χ1v) is 10.6. The first-order valence-electron chi connectivity index (χ1n) is 10.6. The zero-order chi connectivity index (χ0) is 22.8. The van der Waals surface area contributed by atoms with Crippen LogP contribution in [0.15, 0.2) is 36.4 Å². The van der Waals surface area contributed by atoms with Crippen molar-refractivity contribution in [2.75, 3.05) is 39.8 Å². The number of aliphatic carboxylic acids is 2. The molecule has 8 heteroatoms. The van der Waals surface area contributed by atoms with Gasteiger partial charge in [-0.2, -0.15) is 0 Å². The molecule has 2 unspecified atom stereocenters. The van der Waals surface area contributed by atoms with Gasteiger partial charge in [-0.05, 0) is 55.5 Å². The average molecular weight is 433 g/mol. The van der Waals surface area contributed by atoms with Crippen molar-refractivity contribution >= 4 is 17.8 Å². The highest BCUT2D eigenvalue weighted by Crippen LogP contribution is 2.29. The van der Waals surface area contributed by atoms with Crippen molar-refractivity contribution in [3.8, 4) is 5.75 Å². The number of rotatable bonds is 7. The zero-order valence-electron chi connectivity index (χ0n) is 18.2. The largest absolute Gasteiger partial charge is 0.497 e. The van der Waals surface area contributed by atoms with Crippen molar-refractivity contribution in [2.24, 2.45) is 11.8 Å². The Morgan fingerprint density at radius 1 is 1.00 bits per heavy atom. The molecule has 31 heavy (non-hydrogen) atoms. The van der Waals surface area contributed by atoms with E-state index in [1.54, 1.807) is 7.11 Å². The number of fused-ring (bicyclic) bond motifs is 2. The van der Waals surface area contributed by atoms with E-state index >= 15 is 0 Å². The Kier molecular flexibility index (Phi) is 9.52. The molecular formula is C23H32N2O6. The highest BCUT2D eigenvalue weighted by Gasteiger charge is 2.35. The molecule has 2 fully saturated rings. The number of likely N-dealkylation sites (tertiary alicyclic amines) is 2. The van der Waals surface area contributed by atoms with Gasteiger partial charge in [-0.3, -0.25) is 4.79 Å². The van der Waals surface area contributed by atoms with Crippen LogP contribution in [-0.2, 0) is 9.59 Å². The number of hydrogen-bond acceptors (Lipinski definition) is 5. The number of nitrogens with zero attached hydrogens (tertiary/aromatic N) is 2. The summed E-state index contributed by atoms with van der Waals surface area (Å²) in [5.41, 5.74) is 0.772. The molecule has 2 N–H and O–H groups in total. The van der Waals surface area contributed by atoms with Gasteiger partial charge in [-0.1, -0.05) is 13.3 Å². The maximum Gasteiger partial charge on any atom is 0.328 e. The number of unbranched alkanes of at least 4 members (excludes halogenated alkanes) is 1. The van der Waals surface area contributed by atoms with E-state index in [9.17, 15) is 14.4 Å². The summed E-state index contributed by atoms with van der Waals surface area (Å²) in [6.07, 6.45) is 4.95. The third-order valence-electron chi connectivity index (χ3n) is 5.48. The lowest BCUT2D eigenvalue weighted by atomic mass is 9.84. The van der Waals surface area contributed by atoms with Gasteiger partial charge in [0, 0.05) is 43.9 Å². The Labute approximate surface area is 183 Å². The highest BCUT2D eigenvalue weighted by atomic mass is 16.5. The van der Waals surface area contributed by atoms with Gasteiger partial charge in [0.2, 0.25) is 0 Å². The predicted molar refractivity (Wildman–Crippen MR) is 116 cm³/mol. The minimum absolute atomic E-state index is 0.171. The van der Waals surface area contributed by atoms with E-state index in [0.29, 0.717) is 24.0 Å². The fraction of sp³-hybridized carbons (Fsp3) is 0.522. The van der Waals surface area contributed by atoms with Gasteiger partial charge in [-0.25, -0.2) is 9.59 Å². The molecule has 2 heterocycles. The Morgan fingerprint density at radius 2 is 1.55 bits per heavy atom. The Hall–Kier alpha value is -2.87. The third kappa shape index (κ3) is 8.05. The summed E-state index contributed by atoms with van der Waals surface area (Å²) in [6.45, 7) is 7.59. The van der Waals surface area contributed by atoms with Gasteiger partial charge in [0.05, 0.1) is 7.11 Å². The molecule has 0 aliphatic carbocycles. The van der Waals surface area contributed by atoms with Gasteiger partial charge in [0.25, 0.3) is 5.91 Å². The maximum atomic E-state index is 12.8. The molecule has 2 atom stereocenters. The molecule has 1 aromatic rings. The topological polar surface area (TPSA) is 107 Å². The molecule has 1 aromatic carbocycles. The summed E-state index contributed by atoms with van der Waals surface area (Å²) < 4.78 is 5.17. The van der Waals surface area contributed by atoms with E-state index in [2.05, 4.69) is 16.7 Å². The second kappa shape index (κ2) is 12.1. The summed E-state index contributed by atoms with van der Waals surface area (Å²) >= 11 is 0. The molecule has 2 aliphatic heterocycles. The van der Waals surface area contributed by atoms with Crippen LogP contribution >= 0.6 is 0 Å². The number of carbonyl (C=O) groups is 3. The maximum absolute atomic E-state index is 12.8. The summed E-state index contributed by atoms with van der Waals surface area (Å²) in [4.78, 5) is 36.5. The van der Waals surface area contributed by atoms with Crippen molar-refractivity contribution in [1.82, 2.24) is 9.80 Å². The zero-order valence-corrected chi connectivity index (χ0v) is 18.2. The Morgan fingerprint density at radius 3 is 2.00 bits per heavy atom. The van der Waals surface area contributed by atoms with E-state index in [0.717, 1.165) is 37.5 Å². The normalized spacial score (nSPS) is 20.6. The van der Waals surface area contributed by atoms with E-state index in [1.807, 2.05) is 24.3 Å². The minimum atomic E-state index is -1.26. The first-order chi connectivity index (χ1) is 14.8. The summed E-state index contributed by atoms with van der Waals surface area (Å²) in [5, 5.41) is 15.6. The molecule has 0 spiro atoms. The molecular weight excluding hydrogens is 400 g/mol. The number of amides is 1. The summed E-state index contributed by atoms with van der Waals surface area (Å²) in [5.74, 6) is -0.268. The quantitative estimate of drug-likeness (QED) is 0.638. The van der Waals surface area contributed by atoms with Crippen LogP contribution in [0.25, 0.3) is 0 Å². The molecule has 2 bridgehead atoms. The van der Waals surface area contributed by atoms with Gasteiger partial charge in [-0.15, -0.1) is 0 Å². The molecule has 170 valence electrons. The van der Waals surface area contributed by atoms with Crippen molar-refractivity contribution in [3.05, 3.63) is 42.0 Å². The molecule has 0 aromatic heterocycles. The third-order valence-corrected chi connectivity index (χ3v) is 5.48.